The van der Waals surface area contributed by atoms with Crippen LogP contribution in [-0.2, 0) is 4.74 Å². The summed E-state index contributed by atoms with van der Waals surface area (Å²) in [6.45, 7) is 6.09. The van der Waals surface area contributed by atoms with Crippen LogP contribution in [0.5, 0.6) is 0 Å². The van der Waals surface area contributed by atoms with E-state index in [1.807, 2.05) is 20.8 Å². The molecule has 0 aromatic rings. The second-order valence-corrected chi connectivity index (χ2v) is 7.03. The molecule has 1 aliphatic rings. The van der Waals surface area contributed by atoms with Gasteiger partial charge in [0.05, 0.1) is 5.60 Å². The first-order chi connectivity index (χ1) is 10.8. The summed E-state index contributed by atoms with van der Waals surface area (Å²) in [6, 6.07) is -0.106. The third-order valence-corrected chi connectivity index (χ3v) is 3.72. The zero-order chi connectivity index (χ0) is 18.6. The molecule has 0 aromatic carbocycles. The van der Waals surface area contributed by atoms with Gasteiger partial charge in [-0.3, -0.25) is 0 Å². The van der Waals surface area contributed by atoms with Gasteiger partial charge in [-0.1, -0.05) is 12.2 Å². The lowest BCUT2D eigenvalue weighted by molar-refractivity contribution is -0.284. The Morgan fingerprint density at radius 2 is 1.83 bits per heavy atom. The summed E-state index contributed by atoms with van der Waals surface area (Å²) in [7, 11) is 0. The number of nitrogens with zero attached hydrogens (tertiary/aromatic N) is 1. The summed E-state index contributed by atoms with van der Waals surface area (Å²) in [5.41, 5.74) is -0.514. The molecule has 3 nitrogen and oxygen atoms in total. The minimum absolute atomic E-state index is 0.106. The fourth-order valence-corrected chi connectivity index (χ4v) is 2.52. The largest absolute Gasteiger partial charge is 0.453 e. The maximum atomic E-state index is 12.8. The highest BCUT2D eigenvalue weighted by Crippen LogP contribution is 2.39. The van der Waals surface area contributed by atoms with Gasteiger partial charge in [0.2, 0.25) is 6.41 Å². The number of hydrogen-bond acceptors (Lipinski definition) is 3. The van der Waals surface area contributed by atoms with Crippen molar-refractivity contribution in [1.82, 2.24) is 4.90 Å². The van der Waals surface area contributed by atoms with E-state index < -0.39 is 30.5 Å². The molecule has 0 aromatic heterocycles. The van der Waals surface area contributed by atoms with E-state index in [4.69, 9.17) is 4.74 Å². The van der Waals surface area contributed by atoms with Crippen LogP contribution >= 0.6 is 0 Å². The molecule has 0 aliphatic carbocycles. The van der Waals surface area contributed by atoms with Gasteiger partial charge in [-0.05, 0) is 46.5 Å². The zero-order valence-corrected chi connectivity index (χ0v) is 14.2. The third-order valence-electron chi connectivity index (χ3n) is 3.72. The number of likely N-dealkylation sites (tertiary alicyclic amines) is 1. The molecule has 2 atom stereocenters. The summed E-state index contributed by atoms with van der Waals surface area (Å²) >= 11 is 0. The Kier molecular flexibility index (Phi) is 7.19. The molecule has 142 valence electrons. The van der Waals surface area contributed by atoms with Gasteiger partial charge in [-0.2, -0.15) is 22.0 Å². The van der Waals surface area contributed by atoms with Crippen molar-refractivity contribution in [3.05, 3.63) is 12.2 Å². The first-order valence-electron chi connectivity index (χ1n) is 8.06. The summed E-state index contributed by atoms with van der Waals surface area (Å²) in [6.07, 6.45) is -2.93. The fraction of sp³-hybridized carbons (Fsp3) is 0.875. The molecule has 24 heavy (non-hydrogen) atoms. The standard InChI is InChI=1S/C16H26F5NO2/c1-14(2,3)24-13(23)22-11-7-9-12(22)8-5-4-6-10-15(17,18)16(19,20)21/h5,8,12-13,23H,4,6-7,9-11H2,1-3H3/b8-5-. The van der Waals surface area contributed by atoms with E-state index in [1.165, 1.54) is 0 Å². The monoisotopic (exact) mass is 359 g/mol. The van der Waals surface area contributed by atoms with Crippen LogP contribution in [0.3, 0.4) is 0 Å². The van der Waals surface area contributed by atoms with E-state index in [0.29, 0.717) is 6.54 Å². The SMILES string of the molecule is CC(C)(C)OC(O)N1CCCC1/C=C\CCCC(F)(F)C(F)(F)F. The summed E-state index contributed by atoms with van der Waals surface area (Å²) < 4.78 is 67.2. The van der Waals surface area contributed by atoms with Crippen molar-refractivity contribution in [1.29, 1.82) is 0 Å². The molecule has 1 saturated heterocycles. The number of ether oxygens (including phenoxy) is 1. The second-order valence-electron chi connectivity index (χ2n) is 7.03. The minimum atomic E-state index is -5.49. The number of rotatable bonds is 7. The molecular formula is C16H26F5NO2. The Morgan fingerprint density at radius 3 is 2.38 bits per heavy atom. The van der Waals surface area contributed by atoms with Gasteiger partial charge in [-0.25, -0.2) is 4.90 Å². The fourth-order valence-electron chi connectivity index (χ4n) is 2.52. The van der Waals surface area contributed by atoms with E-state index in [0.717, 1.165) is 12.8 Å². The van der Waals surface area contributed by atoms with Crippen LogP contribution in [0.25, 0.3) is 0 Å². The first-order valence-corrected chi connectivity index (χ1v) is 8.06. The van der Waals surface area contributed by atoms with Crippen LogP contribution in [0.15, 0.2) is 12.2 Å². The van der Waals surface area contributed by atoms with Crippen LogP contribution in [0, 0.1) is 0 Å². The summed E-state index contributed by atoms with van der Waals surface area (Å²) in [5.74, 6) is -4.64. The summed E-state index contributed by atoms with van der Waals surface area (Å²) in [5, 5.41) is 10.1. The van der Waals surface area contributed by atoms with Gasteiger partial charge in [-0.15, -0.1) is 0 Å². The maximum absolute atomic E-state index is 12.8. The van der Waals surface area contributed by atoms with E-state index >= 15 is 0 Å². The highest BCUT2D eigenvalue weighted by Gasteiger charge is 2.56. The number of unbranched alkanes of at least 4 members (excludes halogenated alkanes) is 1. The quantitative estimate of drug-likeness (QED) is 0.315. The van der Waals surface area contributed by atoms with Gasteiger partial charge in [0, 0.05) is 19.0 Å². The molecule has 0 amide bonds. The first kappa shape index (κ1) is 21.3. The Morgan fingerprint density at radius 1 is 1.21 bits per heavy atom. The maximum Gasteiger partial charge on any atom is 0.453 e. The Hall–Kier alpha value is -0.730. The predicted molar refractivity (Wildman–Crippen MR) is 80.6 cm³/mol. The van der Waals surface area contributed by atoms with E-state index in [-0.39, 0.29) is 18.9 Å². The topological polar surface area (TPSA) is 32.7 Å². The lowest BCUT2D eigenvalue weighted by Crippen LogP contribution is -2.43. The van der Waals surface area contributed by atoms with E-state index in [1.54, 1.807) is 17.1 Å². The smallest absolute Gasteiger partial charge is 0.356 e. The lowest BCUT2D eigenvalue weighted by Gasteiger charge is -2.32. The molecule has 1 rings (SSSR count). The van der Waals surface area contributed by atoms with Crippen LogP contribution in [0.1, 0.15) is 52.9 Å². The average molecular weight is 359 g/mol. The van der Waals surface area contributed by atoms with Crippen LogP contribution in [0.2, 0.25) is 0 Å². The molecule has 2 unspecified atom stereocenters. The van der Waals surface area contributed by atoms with Crippen molar-refractivity contribution >= 4 is 0 Å². The van der Waals surface area contributed by atoms with Gasteiger partial charge >= 0.3 is 12.1 Å². The molecular weight excluding hydrogens is 333 g/mol. The van der Waals surface area contributed by atoms with E-state index in [2.05, 4.69) is 0 Å². The molecule has 1 fully saturated rings. The Bertz CT molecular complexity index is 418. The van der Waals surface area contributed by atoms with E-state index in [9.17, 15) is 27.1 Å². The molecule has 1 heterocycles. The number of aliphatic hydroxyl groups excluding tert-OH is 1. The highest BCUT2D eigenvalue weighted by atomic mass is 19.4. The van der Waals surface area contributed by atoms with Gasteiger partial charge in [0.25, 0.3) is 0 Å². The number of alkyl halides is 5. The molecule has 0 spiro atoms. The van der Waals surface area contributed by atoms with Crippen molar-refractivity contribution in [2.45, 2.75) is 83.0 Å². The number of allylic oxidation sites excluding steroid dienone is 1. The van der Waals surface area contributed by atoms with Gasteiger partial charge in [0.15, 0.2) is 0 Å². The predicted octanol–water partition coefficient (Wildman–Crippen LogP) is 4.47. The van der Waals surface area contributed by atoms with Crippen LogP contribution in [-0.4, -0.2) is 46.7 Å². The highest BCUT2D eigenvalue weighted by molar-refractivity contribution is 4.98. The van der Waals surface area contributed by atoms with Crippen LogP contribution < -0.4 is 0 Å². The zero-order valence-electron chi connectivity index (χ0n) is 14.2. The molecule has 1 N–H and O–H groups in total. The third kappa shape index (κ3) is 6.64. The molecule has 0 bridgehead atoms. The average Bonchev–Trinajstić information content (AvgIpc) is 2.83. The van der Waals surface area contributed by atoms with Gasteiger partial charge < -0.3 is 9.84 Å². The van der Waals surface area contributed by atoms with Crippen molar-refractivity contribution in [3.8, 4) is 0 Å². The number of aliphatic hydroxyl groups is 1. The minimum Gasteiger partial charge on any atom is -0.356 e. The lowest BCUT2D eigenvalue weighted by atomic mass is 10.1. The normalized spacial score (nSPS) is 22.5. The molecule has 0 radical (unpaired) electrons. The van der Waals surface area contributed by atoms with Crippen molar-refractivity contribution < 1.29 is 31.8 Å². The van der Waals surface area contributed by atoms with Crippen LogP contribution in [0.4, 0.5) is 22.0 Å². The van der Waals surface area contributed by atoms with Crippen molar-refractivity contribution in [2.75, 3.05) is 6.54 Å². The Balaban J connectivity index is 2.43. The van der Waals surface area contributed by atoms with Gasteiger partial charge in [0.1, 0.15) is 0 Å². The van der Waals surface area contributed by atoms with Crippen molar-refractivity contribution in [3.63, 3.8) is 0 Å². The molecule has 1 aliphatic heterocycles. The molecule has 0 saturated carbocycles. The number of halogens is 5. The second kappa shape index (κ2) is 8.10. The Labute approximate surface area is 139 Å². The number of hydrogen-bond donors (Lipinski definition) is 1. The van der Waals surface area contributed by atoms with Crippen molar-refractivity contribution in [2.24, 2.45) is 0 Å². The molecule has 8 heteroatoms. The summed E-state index contributed by atoms with van der Waals surface area (Å²) in [4.78, 5) is 1.74.